The molecule has 1 fully saturated rings. The Morgan fingerprint density at radius 1 is 1.37 bits per heavy atom. The molecule has 2 amide bonds. The number of ether oxygens (including phenoxy) is 1. The quantitative estimate of drug-likeness (QED) is 0.147. The van der Waals surface area contributed by atoms with E-state index in [0.29, 0.717) is 33.6 Å². The predicted molar refractivity (Wildman–Crippen MR) is 137 cm³/mol. The van der Waals surface area contributed by atoms with E-state index in [0.717, 1.165) is 39.9 Å². The zero-order valence-corrected chi connectivity index (χ0v) is 21.6. The molecule has 1 saturated heterocycles. The molecular formula is C24H23ClN4O4S2. The Labute approximate surface area is 216 Å². The van der Waals surface area contributed by atoms with Gasteiger partial charge in [-0.3, -0.25) is 14.9 Å². The summed E-state index contributed by atoms with van der Waals surface area (Å²) in [6.07, 6.45) is 4.15. The van der Waals surface area contributed by atoms with Crippen molar-refractivity contribution in [2.24, 2.45) is 10.9 Å². The van der Waals surface area contributed by atoms with Gasteiger partial charge in [-0.05, 0) is 49.8 Å². The molecule has 2 aliphatic rings. The fourth-order valence-corrected chi connectivity index (χ4v) is 6.79. The molecule has 11 heteroatoms. The monoisotopic (exact) mass is 530 g/mol. The number of hydrogen-bond acceptors (Lipinski definition) is 8. The molecule has 0 saturated carbocycles. The number of amidine groups is 1. The van der Waals surface area contributed by atoms with E-state index in [1.807, 2.05) is 6.19 Å². The Balaban J connectivity index is 1.66. The number of imide groups is 1. The molecule has 1 aromatic carbocycles. The largest absolute Gasteiger partial charge is 0.462 e. The second-order valence-electron chi connectivity index (χ2n) is 8.24. The Hall–Kier alpha value is -2.87. The van der Waals surface area contributed by atoms with Gasteiger partial charge in [0.05, 0.1) is 22.9 Å². The third-order valence-corrected chi connectivity index (χ3v) is 8.40. The van der Waals surface area contributed by atoms with E-state index in [1.165, 1.54) is 11.3 Å². The van der Waals surface area contributed by atoms with Gasteiger partial charge in [0, 0.05) is 11.3 Å². The van der Waals surface area contributed by atoms with Crippen LogP contribution in [0.15, 0.2) is 29.3 Å². The van der Waals surface area contributed by atoms with Crippen molar-refractivity contribution in [3.05, 3.63) is 45.3 Å². The van der Waals surface area contributed by atoms with Crippen LogP contribution < -0.4 is 10.2 Å². The summed E-state index contributed by atoms with van der Waals surface area (Å²) >= 11 is 8.48. The van der Waals surface area contributed by atoms with Crippen LogP contribution in [0.3, 0.4) is 0 Å². The number of hydrogen-bond donors (Lipinski definition) is 1. The van der Waals surface area contributed by atoms with Gasteiger partial charge in [0.25, 0.3) is 0 Å². The average Bonchev–Trinajstić information content (AvgIpc) is 3.31. The van der Waals surface area contributed by atoms with E-state index in [9.17, 15) is 14.4 Å². The van der Waals surface area contributed by atoms with Gasteiger partial charge in [0.15, 0.2) is 11.4 Å². The maximum absolute atomic E-state index is 13.4. The maximum Gasteiger partial charge on any atom is 0.341 e. The van der Waals surface area contributed by atoms with Crippen molar-refractivity contribution in [1.29, 1.82) is 5.26 Å². The van der Waals surface area contributed by atoms with Crippen molar-refractivity contribution in [3.8, 4) is 6.19 Å². The molecule has 0 bridgehead atoms. The molecule has 1 aliphatic carbocycles. The Kier molecular flexibility index (Phi) is 7.79. The second-order valence-corrected chi connectivity index (χ2v) is 10.9. The minimum Gasteiger partial charge on any atom is -0.462 e. The smallest absolute Gasteiger partial charge is 0.341 e. The van der Waals surface area contributed by atoms with Crippen LogP contribution in [0, 0.1) is 17.4 Å². The van der Waals surface area contributed by atoms with Crippen LogP contribution in [-0.4, -0.2) is 34.8 Å². The van der Waals surface area contributed by atoms with Crippen LogP contribution in [0.25, 0.3) is 0 Å². The van der Waals surface area contributed by atoms with Gasteiger partial charge in [0.2, 0.25) is 11.8 Å². The first kappa shape index (κ1) is 25.2. The molecule has 1 aliphatic heterocycles. The van der Waals surface area contributed by atoms with E-state index < -0.39 is 23.0 Å². The van der Waals surface area contributed by atoms with Gasteiger partial charge in [-0.15, -0.1) is 11.3 Å². The lowest BCUT2D eigenvalue weighted by Crippen LogP contribution is -2.32. The van der Waals surface area contributed by atoms with Gasteiger partial charge in [0.1, 0.15) is 10.3 Å². The van der Waals surface area contributed by atoms with Crippen LogP contribution in [0.1, 0.15) is 47.5 Å². The lowest BCUT2D eigenvalue weighted by atomic mass is 9.88. The number of rotatable bonds is 5. The second kappa shape index (κ2) is 10.8. The van der Waals surface area contributed by atoms with Crippen molar-refractivity contribution in [3.63, 3.8) is 0 Å². The number of thiophene rings is 1. The Morgan fingerprint density at radius 3 is 2.86 bits per heavy atom. The minimum absolute atomic E-state index is 0.0839. The number of benzene rings is 1. The van der Waals surface area contributed by atoms with Crippen LogP contribution >= 0.6 is 34.7 Å². The summed E-state index contributed by atoms with van der Waals surface area (Å²) in [6, 6.07) is 6.85. The van der Waals surface area contributed by atoms with Gasteiger partial charge in [-0.2, -0.15) is 5.26 Å². The molecule has 1 aromatic heterocycles. The molecule has 2 heterocycles. The van der Waals surface area contributed by atoms with Crippen molar-refractivity contribution in [1.82, 2.24) is 5.32 Å². The summed E-state index contributed by atoms with van der Waals surface area (Å²) in [4.78, 5) is 45.9. The number of nitriles is 1. The van der Waals surface area contributed by atoms with Crippen molar-refractivity contribution >= 4 is 68.3 Å². The number of anilines is 1. The van der Waals surface area contributed by atoms with Crippen molar-refractivity contribution < 1.29 is 19.1 Å². The molecule has 8 nitrogen and oxygen atoms in total. The number of aliphatic imine (C=N–C) groups is 1. The molecular weight excluding hydrogens is 508 g/mol. The summed E-state index contributed by atoms with van der Waals surface area (Å²) in [6.45, 7) is 4.06. The molecule has 35 heavy (non-hydrogen) atoms. The number of halogens is 1. The first-order valence-corrected chi connectivity index (χ1v) is 13.2. The third-order valence-electron chi connectivity index (χ3n) is 5.77. The molecule has 2 aromatic rings. The fourth-order valence-electron chi connectivity index (χ4n) is 4.14. The highest BCUT2D eigenvalue weighted by Crippen LogP contribution is 2.44. The number of fused-ring (bicyclic) bond motifs is 1. The topological polar surface area (TPSA) is 112 Å². The summed E-state index contributed by atoms with van der Waals surface area (Å²) in [5.74, 6) is -0.918. The number of amides is 2. The molecule has 0 spiro atoms. The van der Waals surface area contributed by atoms with Gasteiger partial charge >= 0.3 is 5.97 Å². The third kappa shape index (κ3) is 5.22. The van der Waals surface area contributed by atoms with Crippen LogP contribution in [0.5, 0.6) is 0 Å². The van der Waals surface area contributed by atoms with E-state index >= 15 is 0 Å². The zero-order valence-electron chi connectivity index (χ0n) is 19.2. The highest BCUT2D eigenvalue weighted by atomic mass is 35.5. The number of esters is 1. The summed E-state index contributed by atoms with van der Waals surface area (Å²) in [7, 11) is 0. The summed E-state index contributed by atoms with van der Waals surface area (Å²) in [5, 5.41) is 11.7. The van der Waals surface area contributed by atoms with Gasteiger partial charge in [-0.1, -0.05) is 42.4 Å². The van der Waals surface area contributed by atoms with E-state index in [-0.39, 0.29) is 18.2 Å². The molecule has 1 N–H and O–H groups in total. The molecule has 2 atom stereocenters. The van der Waals surface area contributed by atoms with E-state index in [2.05, 4.69) is 17.2 Å². The minimum atomic E-state index is -0.808. The number of carbonyl (C=O) groups excluding carboxylic acids is 3. The molecule has 182 valence electrons. The van der Waals surface area contributed by atoms with Gasteiger partial charge in [-0.25, -0.2) is 14.7 Å². The maximum atomic E-state index is 13.4. The first-order valence-electron chi connectivity index (χ1n) is 11.2. The number of thioether (sulfide) groups is 1. The van der Waals surface area contributed by atoms with Crippen LogP contribution in [0.4, 0.5) is 10.7 Å². The van der Waals surface area contributed by atoms with E-state index in [4.69, 9.17) is 21.6 Å². The fraction of sp³-hybridized carbons (Fsp3) is 0.375. The Bertz CT molecular complexity index is 1250. The van der Waals surface area contributed by atoms with Crippen molar-refractivity contribution in [2.45, 2.75) is 44.8 Å². The van der Waals surface area contributed by atoms with Crippen molar-refractivity contribution in [2.75, 3.05) is 11.5 Å². The van der Waals surface area contributed by atoms with Crippen LogP contribution in [-0.2, 0) is 27.2 Å². The number of para-hydroxylation sites is 1. The standard InChI is InChI=1S/C24H23ClN4O4S2/c1-3-33-23(32)20-14-9-8-13(2)10-17(14)34-22(20)29-19(30)11-18(21(29)31)35-24(27-12-26)28-16-7-5-4-6-15(16)25/h4-7,13,18H,3,8-11H2,1-2H3,(H,27,28). The van der Waals surface area contributed by atoms with Crippen LogP contribution in [0.2, 0.25) is 5.02 Å². The molecule has 2 unspecified atom stereocenters. The molecule has 4 rings (SSSR count). The highest BCUT2D eigenvalue weighted by Gasteiger charge is 2.44. The lowest BCUT2D eigenvalue weighted by Gasteiger charge is -2.18. The normalized spacial score (nSPS) is 19.9. The molecule has 0 radical (unpaired) electrons. The first-order chi connectivity index (χ1) is 16.8. The number of nitrogens with one attached hydrogen (secondary N) is 1. The SMILES string of the molecule is CCOC(=O)c1c(N2C(=O)CC(SC(=Nc3ccccc3Cl)NC#N)C2=O)sc2c1CCC(C)C2. The highest BCUT2D eigenvalue weighted by molar-refractivity contribution is 8.15. The lowest BCUT2D eigenvalue weighted by molar-refractivity contribution is -0.121. The number of carbonyl (C=O) groups is 3. The predicted octanol–water partition coefficient (Wildman–Crippen LogP) is 4.83. The zero-order chi connectivity index (χ0) is 25.1. The summed E-state index contributed by atoms with van der Waals surface area (Å²) < 4.78 is 5.29. The average molecular weight is 531 g/mol. The summed E-state index contributed by atoms with van der Waals surface area (Å²) in [5.41, 5.74) is 1.63. The number of nitrogens with zero attached hydrogens (tertiary/aromatic N) is 3. The van der Waals surface area contributed by atoms with E-state index in [1.54, 1.807) is 31.2 Å². The Morgan fingerprint density at radius 2 is 2.14 bits per heavy atom. The van der Waals surface area contributed by atoms with Gasteiger partial charge < -0.3 is 4.74 Å².